The maximum Gasteiger partial charge on any atom is 0.0429 e. The number of aromatic nitrogens is 1. The number of hydrogen-bond donors (Lipinski definition) is 0. The Kier molecular flexibility index (Phi) is 5.84. The molecule has 0 N–H and O–H groups in total. The highest BCUT2D eigenvalue weighted by molar-refractivity contribution is 5.24. The number of pyridine rings is 1. The maximum atomic E-state index is 4.70. The molecule has 118 valence electrons. The Hall–Kier alpha value is -0.850. The predicted octanol–water partition coefficient (Wildman–Crippen LogP) is 6.23. The van der Waals surface area contributed by atoms with Crippen LogP contribution in [0.3, 0.4) is 0 Å². The molecule has 1 aromatic rings. The van der Waals surface area contributed by atoms with Crippen molar-refractivity contribution in [1.82, 2.24) is 4.98 Å². The largest absolute Gasteiger partial charge is 0.261 e. The summed E-state index contributed by atoms with van der Waals surface area (Å²) in [5.41, 5.74) is 2.90. The summed E-state index contributed by atoms with van der Waals surface area (Å²) in [5.74, 6) is 1.33. The highest BCUT2D eigenvalue weighted by Crippen LogP contribution is 2.39. The predicted molar refractivity (Wildman–Crippen MR) is 91.8 cm³/mol. The van der Waals surface area contributed by atoms with Crippen LogP contribution in [0.2, 0.25) is 0 Å². The normalized spacial score (nSPS) is 19.1. The zero-order valence-electron chi connectivity index (χ0n) is 14.5. The average Bonchev–Trinajstić information content (AvgIpc) is 2.61. The van der Waals surface area contributed by atoms with Crippen LogP contribution in [0, 0.1) is 5.92 Å². The molecule has 1 aromatic heterocycles. The third kappa shape index (κ3) is 4.31. The van der Waals surface area contributed by atoms with Crippen LogP contribution >= 0.6 is 0 Å². The molecular formula is C20H33N. The summed E-state index contributed by atoms with van der Waals surface area (Å²) in [7, 11) is 0. The first kappa shape index (κ1) is 16.5. The van der Waals surface area contributed by atoms with E-state index in [0.717, 1.165) is 5.92 Å². The summed E-state index contributed by atoms with van der Waals surface area (Å²) >= 11 is 0. The lowest BCUT2D eigenvalue weighted by Crippen LogP contribution is -2.29. The number of rotatable bonds is 3. The van der Waals surface area contributed by atoms with Crippen LogP contribution in [0.25, 0.3) is 0 Å². The van der Waals surface area contributed by atoms with Crippen LogP contribution < -0.4 is 0 Å². The van der Waals surface area contributed by atoms with Gasteiger partial charge in [-0.15, -0.1) is 0 Å². The van der Waals surface area contributed by atoms with Gasteiger partial charge in [0.1, 0.15) is 0 Å². The Morgan fingerprint density at radius 2 is 1.52 bits per heavy atom. The van der Waals surface area contributed by atoms with E-state index in [1.165, 1.54) is 62.6 Å². The zero-order valence-corrected chi connectivity index (χ0v) is 14.5. The quantitative estimate of drug-likeness (QED) is 0.642. The van der Waals surface area contributed by atoms with E-state index in [4.69, 9.17) is 4.98 Å². The molecule has 0 saturated heterocycles. The van der Waals surface area contributed by atoms with Crippen LogP contribution in [-0.4, -0.2) is 4.98 Å². The van der Waals surface area contributed by atoms with Crippen molar-refractivity contribution in [3.05, 3.63) is 29.6 Å². The van der Waals surface area contributed by atoms with Crippen molar-refractivity contribution in [1.29, 1.82) is 0 Å². The Balaban J connectivity index is 2.13. The first-order valence-electron chi connectivity index (χ1n) is 8.98. The van der Waals surface area contributed by atoms with Crippen LogP contribution in [0.5, 0.6) is 0 Å². The summed E-state index contributed by atoms with van der Waals surface area (Å²) in [6.45, 7) is 9.29. The van der Waals surface area contributed by atoms with E-state index in [-0.39, 0.29) is 5.41 Å². The summed E-state index contributed by atoms with van der Waals surface area (Å²) in [4.78, 5) is 4.70. The van der Waals surface area contributed by atoms with Crippen LogP contribution in [-0.2, 0) is 5.41 Å². The van der Waals surface area contributed by atoms with Gasteiger partial charge in [-0.2, -0.15) is 0 Å². The van der Waals surface area contributed by atoms with Gasteiger partial charge in [-0.3, -0.25) is 4.98 Å². The van der Waals surface area contributed by atoms with Gasteiger partial charge in [-0.05, 0) is 41.7 Å². The van der Waals surface area contributed by atoms with Gasteiger partial charge in [-0.1, -0.05) is 72.3 Å². The van der Waals surface area contributed by atoms with E-state index in [1.807, 2.05) is 0 Å². The lowest BCUT2D eigenvalue weighted by molar-refractivity contribution is 0.270. The van der Waals surface area contributed by atoms with E-state index in [0.29, 0.717) is 5.92 Å². The van der Waals surface area contributed by atoms with Crippen molar-refractivity contribution < 1.29 is 0 Å². The molecule has 0 aromatic carbocycles. The topological polar surface area (TPSA) is 12.9 Å². The molecule has 1 saturated carbocycles. The Bertz CT molecular complexity index is 406. The standard InChI is InChI=1S/C20H33N/c1-16(2)19-14-13-18(15-21-19)20(3,4)17-11-9-7-5-6-8-10-12-17/h13-17H,5-12H2,1-4H3. The smallest absolute Gasteiger partial charge is 0.0429 e. The van der Waals surface area contributed by atoms with Crippen molar-refractivity contribution in [2.75, 3.05) is 0 Å². The monoisotopic (exact) mass is 287 g/mol. The lowest BCUT2D eigenvalue weighted by Gasteiger charge is -2.35. The molecule has 0 radical (unpaired) electrons. The fourth-order valence-electron chi connectivity index (χ4n) is 3.72. The Labute approximate surface area is 131 Å². The van der Waals surface area contributed by atoms with Crippen LogP contribution in [0.4, 0.5) is 0 Å². The highest BCUT2D eigenvalue weighted by atomic mass is 14.7. The molecule has 0 atom stereocenters. The van der Waals surface area contributed by atoms with E-state index in [9.17, 15) is 0 Å². The van der Waals surface area contributed by atoms with Crippen molar-refractivity contribution in [3.8, 4) is 0 Å². The highest BCUT2D eigenvalue weighted by Gasteiger charge is 2.31. The van der Waals surface area contributed by atoms with Gasteiger partial charge in [0.2, 0.25) is 0 Å². The Morgan fingerprint density at radius 1 is 0.952 bits per heavy atom. The molecular weight excluding hydrogens is 254 g/mol. The molecule has 1 heterocycles. The fraction of sp³-hybridized carbons (Fsp3) is 0.750. The number of nitrogens with zero attached hydrogens (tertiary/aromatic N) is 1. The second kappa shape index (κ2) is 7.42. The van der Waals surface area contributed by atoms with E-state index in [1.54, 1.807) is 0 Å². The second-order valence-electron chi connectivity index (χ2n) is 7.74. The van der Waals surface area contributed by atoms with Gasteiger partial charge >= 0.3 is 0 Å². The first-order chi connectivity index (χ1) is 10.0. The van der Waals surface area contributed by atoms with Gasteiger partial charge in [0, 0.05) is 11.9 Å². The summed E-state index contributed by atoms with van der Waals surface area (Å²) in [6.07, 6.45) is 13.5. The minimum Gasteiger partial charge on any atom is -0.261 e. The first-order valence-corrected chi connectivity index (χ1v) is 8.98. The molecule has 1 heteroatoms. The Morgan fingerprint density at radius 3 is 2.00 bits per heavy atom. The molecule has 21 heavy (non-hydrogen) atoms. The van der Waals surface area contributed by atoms with Crippen molar-refractivity contribution in [2.24, 2.45) is 5.92 Å². The molecule has 0 aliphatic heterocycles. The van der Waals surface area contributed by atoms with Crippen molar-refractivity contribution >= 4 is 0 Å². The average molecular weight is 287 g/mol. The van der Waals surface area contributed by atoms with E-state index in [2.05, 4.69) is 46.0 Å². The second-order valence-corrected chi connectivity index (χ2v) is 7.74. The van der Waals surface area contributed by atoms with Gasteiger partial charge in [0.15, 0.2) is 0 Å². The number of hydrogen-bond acceptors (Lipinski definition) is 1. The maximum absolute atomic E-state index is 4.70. The minimum atomic E-state index is 0.257. The van der Waals surface area contributed by atoms with E-state index < -0.39 is 0 Å². The molecule has 0 spiro atoms. The summed E-state index contributed by atoms with van der Waals surface area (Å²) in [6, 6.07) is 4.56. The van der Waals surface area contributed by atoms with Gasteiger partial charge in [0.25, 0.3) is 0 Å². The SMILES string of the molecule is CC(C)c1ccc(C(C)(C)C2CCCCCCCC2)cn1. The molecule has 1 nitrogen and oxygen atoms in total. The molecule has 1 aliphatic carbocycles. The lowest BCUT2D eigenvalue weighted by atomic mass is 9.70. The molecule has 1 fully saturated rings. The third-order valence-corrected chi connectivity index (χ3v) is 5.50. The van der Waals surface area contributed by atoms with Crippen molar-refractivity contribution in [3.63, 3.8) is 0 Å². The van der Waals surface area contributed by atoms with Gasteiger partial charge in [-0.25, -0.2) is 0 Å². The molecule has 0 amide bonds. The van der Waals surface area contributed by atoms with Crippen LogP contribution in [0.1, 0.15) is 96.2 Å². The molecule has 0 unspecified atom stereocenters. The van der Waals surface area contributed by atoms with Gasteiger partial charge < -0.3 is 0 Å². The molecule has 2 rings (SSSR count). The third-order valence-electron chi connectivity index (χ3n) is 5.50. The fourth-order valence-corrected chi connectivity index (χ4v) is 3.72. The summed E-state index contributed by atoms with van der Waals surface area (Å²) < 4.78 is 0. The molecule has 0 bridgehead atoms. The van der Waals surface area contributed by atoms with Crippen molar-refractivity contribution in [2.45, 2.75) is 90.4 Å². The van der Waals surface area contributed by atoms with E-state index >= 15 is 0 Å². The van der Waals surface area contributed by atoms with Crippen LogP contribution in [0.15, 0.2) is 18.3 Å². The minimum absolute atomic E-state index is 0.257. The summed E-state index contributed by atoms with van der Waals surface area (Å²) in [5, 5.41) is 0. The van der Waals surface area contributed by atoms with Gasteiger partial charge in [0.05, 0.1) is 0 Å². The zero-order chi connectivity index (χ0) is 15.3. The molecule has 1 aliphatic rings.